The molecule has 7 aromatic rings. The first kappa shape index (κ1) is 44.3. The third-order valence-corrected chi connectivity index (χ3v) is 13.0. The van der Waals surface area contributed by atoms with Gasteiger partial charge in [-0.3, -0.25) is 4.55 Å². The molecule has 17 nitrogen and oxygen atoms in total. The zero-order valence-electron chi connectivity index (χ0n) is 34.9. The Labute approximate surface area is 371 Å². The maximum absolute atomic E-state index is 12.2. The van der Waals surface area contributed by atoms with Gasteiger partial charge in [0.25, 0.3) is 10.1 Å². The summed E-state index contributed by atoms with van der Waals surface area (Å²) in [5, 5.41) is 35.6. The normalized spacial score (nSPS) is 12.0. The van der Waals surface area contributed by atoms with Gasteiger partial charge in [0.05, 0.1) is 32.9 Å². The van der Waals surface area contributed by atoms with Crippen LogP contribution in [-0.2, 0) is 10.1 Å². The average molecular weight is 912 g/mol. The van der Waals surface area contributed by atoms with Gasteiger partial charge in [0, 0.05) is 43.3 Å². The van der Waals surface area contributed by atoms with E-state index in [2.05, 4.69) is 84.6 Å². The van der Waals surface area contributed by atoms with E-state index in [0.717, 1.165) is 64.7 Å². The number of thiazole rings is 2. The number of hydrogen-bond donors (Lipinski definition) is 4. The number of aryl methyl sites for hydroxylation is 2. The molecule has 7 rings (SSSR count). The SMILES string of the molecule is CCN(CC)c1ccc(N=Nc2nc3ccc(C)cc3s2)c(Nc2nc(Nc3cc(N(CC)CC)ccc3N=Nc3nc4c(S(=O)(=O)O)cc(C)cc4s3)nc(SCCO)n2)c1. The van der Waals surface area contributed by atoms with Crippen molar-refractivity contribution in [2.45, 2.75) is 51.6 Å². The van der Waals surface area contributed by atoms with Crippen LogP contribution in [0.2, 0.25) is 0 Å². The van der Waals surface area contributed by atoms with E-state index in [1.165, 1.54) is 29.2 Å². The fourth-order valence-electron chi connectivity index (χ4n) is 6.52. The van der Waals surface area contributed by atoms with Crippen molar-refractivity contribution in [2.75, 3.05) is 59.0 Å². The number of rotatable bonds is 18. The van der Waals surface area contributed by atoms with Crippen LogP contribution in [0.4, 0.5) is 56.3 Å². The van der Waals surface area contributed by atoms with Gasteiger partial charge in [-0.25, -0.2) is 9.97 Å². The van der Waals surface area contributed by atoms with Crippen molar-refractivity contribution in [1.29, 1.82) is 0 Å². The Balaban J connectivity index is 1.26. The van der Waals surface area contributed by atoms with Crippen molar-refractivity contribution < 1.29 is 18.1 Å². The lowest BCUT2D eigenvalue weighted by Crippen LogP contribution is -2.21. The molecule has 0 bridgehead atoms. The summed E-state index contributed by atoms with van der Waals surface area (Å²) in [6, 6.07) is 20.8. The summed E-state index contributed by atoms with van der Waals surface area (Å²) >= 11 is 3.88. The second-order valence-electron chi connectivity index (χ2n) is 13.8. The highest BCUT2D eigenvalue weighted by Gasteiger charge is 2.20. The molecule has 0 fully saturated rings. The molecule has 62 heavy (non-hydrogen) atoms. The molecular formula is C41H45N13O4S4. The second-order valence-corrected chi connectivity index (χ2v) is 18.3. The van der Waals surface area contributed by atoms with E-state index in [9.17, 15) is 18.1 Å². The summed E-state index contributed by atoms with van der Waals surface area (Å²) < 4.78 is 35.8. The summed E-state index contributed by atoms with van der Waals surface area (Å²) in [6.45, 7) is 15.1. The Hall–Kier alpha value is -5.71. The van der Waals surface area contributed by atoms with Crippen LogP contribution in [0.3, 0.4) is 0 Å². The number of thioether (sulfide) groups is 1. The minimum absolute atomic E-state index is 0.0861. The summed E-state index contributed by atoms with van der Waals surface area (Å²) in [5.41, 5.74) is 6.73. The van der Waals surface area contributed by atoms with Crippen LogP contribution in [0.25, 0.3) is 20.4 Å². The van der Waals surface area contributed by atoms with Crippen molar-refractivity contribution in [3.8, 4) is 0 Å². The fourth-order valence-corrected chi connectivity index (χ4v) is 9.69. The van der Waals surface area contributed by atoms with Crippen LogP contribution in [0, 0.1) is 13.8 Å². The second kappa shape index (κ2) is 19.6. The lowest BCUT2D eigenvalue weighted by molar-refractivity contribution is 0.322. The third-order valence-electron chi connectivity index (χ3n) is 9.54. The maximum Gasteiger partial charge on any atom is 0.296 e. The molecule has 322 valence electrons. The fraction of sp³-hybridized carbons (Fsp3) is 0.293. The van der Waals surface area contributed by atoms with Crippen molar-refractivity contribution >= 4 is 121 Å². The van der Waals surface area contributed by atoms with E-state index < -0.39 is 10.1 Å². The number of hydrogen-bond acceptors (Lipinski definition) is 19. The number of benzene rings is 4. The zero-order valence-corrected chi connectivity index (χ0v) is 38.1. The minimum Gasteiger partial charge on any atom is -0.396 e. The molecule has 0 saturated heterocycles. The number of anilines is 6. The Morgan fingerprint density at radius 2 is 1.21 bits per heavy atom. The number of nitrogens with zero attached hydrogens (tertiary/aromatic N) is 11. The third kappa shape index (κ3) is 10.5. The van der Waals surface area contributed by atoms with Gasteiger partial charge in [0.1, 0.15) is 21.8 Å². The van der Waals surface area contributed by atoms with Crippen molar-refractivity contribution in [2.24, 2.45) is 20.5 Å². The molecule has 0 amide bonds. The lowest BCUT2D eigenvalue weighted by atomic mass is 10.2. The predicted octanol–water partition coefficient (Wildman–Crippen LogP) is 11.0. The summed E-state index contributed by atoms with van der Waals surface area (Å²) in [5.74, 6) is 0.755. The molecule has 0 spiro atoms. The summed E-state index contributed by atoms with van der Waals surface area (Å²) in [7, 11) is -4.53. The molecule has 0 aliphatic rings. The number of nitrogens with one attached hydrogen (secondary N) is 2. The Kier molecular flexibility index (Phi) is 14.0. The molecule has 3 heterocycles. The zero-order chi connectivity index (χ0) is 44.0. The van der Waals surface area contributed by atoms with Gasteiger partial charge >= 0.3 is 0 Å². The smallest absolute Gasteiger partial charge is 0.296 e. The molecule has 0 aliphatic heterocycles. The highest BCUT2D eigenvalue weighted by atomic mass is 32.2. The van der Waals surface area contributed by atoms with Crippen LogP contribution < -0.4 is 20.4 Å². The van der Waals surface area contributed by atoms with E-state index in [1.807, 2.05) is 55.5 Å². The molecular weight excluding hydrogens is 867 g/mol. The first-order valence-corrected chi connectivity index (χ1v) is 23.8. The topological polar surface area (TPSA) is 219 Å². The molecule has 0 radical (unpaired) electrons. The van der Waals surface area contributed by atoms with Crippen molar-refractivity contribution in [1.82, 2.24) is 24.9 Å². The number of azo groups is 2. The lowest BCUT2D eigenvalue weighted by Gasteiger charge is -2.22. The highest BCUT2D eigenvalue weighted by molar-refractivity contribution is 7.99. The molecule has 21 heteroatoms. The van der Waals surface area contributed by atoms with Gasteiger partial charge < -0.3 is 25.5 Å². The predicted molar refractivity (Wildman–Crippen MR) is 251 cm³/mol. The standard InChI is InChI=1S/C41H45N13O4S4/c1-7-53(8-2)26-12-15-28(49-51-40-44-30-14-11-24(5)19-33(30)60-40)31(22-26)42-37-46-38(48-39(47-37)59-18-17-55)43-32-23-27(54(9-3)10-4)13-16-29(32)50-52-41-45-36-34(61-41)20-25(6)21-35(36)62(56,57)58/h11-16,19-23,55H,7-10,17-18H2,1-6H3,(H,56,57,58)(H2,42,43,46,47,48). The van der Waals surface area contributed by atoms with Crippen LogP contribution >= 0.6 is 34.4 Å². The van der Waals surface area contributed by atoms with Gasteiger partial charge in [-0.05, 0) is 113 Å². The molecule has 3 aromatic heterocycles. The summed E-state index contributed by atoms with van der Waals surface area (Å²) in [4.78, 5) is 27.3. The molecule has 0 unspecified atom stereocenters. The molecule has 0 atom stereocenters. The number of fused-ring (bicyclic) bond motifs is 2. The van der Waals surface area contributed by atoms with E-state index >= 15 is 0 Å². The number of aliphatic hydroxyl groups excluding tert-OH is 1. The average Bonchev–Trinajstić information content (AvgIpc) is 3.85. The van der Waals surface area contributed by atoms with Gasteiger partial charge in [-0.2, -0.15) is 23.4 Å². The van der Waals surface area contributed by atoms with Gasteiger partial charge in [0.15, 0.2) is 5.16 Å². The van der Waals surface area contributed by atoms with Gasteiger partial charge in [0.2, 0.25) is 22.2 Å². The Morgan fingerprint density at radius 1 is 0.661 bits per heavy atom. The molecule has 0 aliphatic carbocycles. The van der Waals surface area contributed by atoms with E-state index in [-0.39, 0.29) is 34.0 Å². The number of aromatic nitrogens is 5. The van der Waals surface area contributed by atoms with Crippen LogP contribution in [0.1, 0.15) is 38.8 Å². The van der Waals surface area contributed by atoms with Crippen LogP contribution in [0.15, 0.2) is 97.2 Å². The van der Waals surface area contributed by atoms with Gasteiger partial charge in [-0.1, -0.05) is 40.5 Å². The molecule has 4 aromatic carbocycles. The Bertz CT molecular complexity index is 2890. The highest BCUT2D eigenvalue weighted by Crippen LogP contribution is 2.39. The minimum atomic E-state index is -4.53. The van der Waals surface area contributed by atoms with Crippen LogP contribution in [0.5, 0.6) is 0 Å². The van der Waals surface area contributed by atoms with E-state index in [0.29, 0.717) is 49.1 Å². The van der Waals surface area contributed by atoms with Gasteiger partial charge in [-0.15, -0.1) is 20.5 Å². The Morgan fingerprint density at radius 3 is 1.76 bits per heavy atom. The largest absolute Gasteiger partial charge is 0.396 e. The van der Waals surface area contributed by atoms with Crippen molar-refractivity contribution in [3.05, 3.63) is 77.9 Å². The first-order valence-electron chi connectivity index (χ1n) is 19.8. The maximum atomic E-state index is 12.2. The summed E-state index contributed by atoms with van der Waals surface area (Å²) in [6.07, 6.45) is 0. The quantitative estimate of drug-likeness (QED) is 0.0358. The van der Waals surface area contributed by atoms with Crippen molar-refractivity contribution in [3.63, 3.8) is 0 Å². The molecule has 4 N–H and O–H groups in total. The molecule has 0 saturated carbocycles. The van der Waals surface area contributed by atoms with Crippen LogP contribution in [-0.4, -0.2) is 81.5 Å². The monoisotopic (exact) mass is 911 g/mol. The van der Waals surface area contributed by atoms with E-state index in [4.69, 9.17) is 15.0 Å². The first-order chi connectivity index (χ1) is 29.9. The number of aliphatic hydroxyl groups is 1. The van der Waals surface area contributed by atoms with E-state index in [1.54, 1.807) is 13.0 Å².